The van der Waals surface area contributed by atoms with Gasteiger partial charge in [0.1, 0.15) is 0 Å². The first kappa shape index (κ1) is 19.7. The zero-order chi connectivity index (χ0) is 20.7. The van der Waals surface area contributed by atoms with Crippen molar-refractivity contribution >= 4 is 15.9 Å². The molecule has 1 aliphatic carbocycles. The van der Waals surface area contributed by atoms with Crippen LogP contribution in [0.5, 0.6) is 0 Å². The molecule has 0 bridgehead atoms. The molecule has 30 heavy (non-hydrogen) atoms. The first-order valence-electron chi connectivity index (χ1n) is 10.8. The zero-order valence-electron chi connectivity index (χ0n) is 16.9. The van der Waals surface area contributed by atoms with Crippen LogP contribution in [0.1, 0.15) is 50.3 Å². The van der Waals surface area contributed by atoms with Gasteiger partial charge in [-0.2, -0.15) is 9.29 Å². The topological polar surface area (TPSA) is 96.6 Å². The minimum atomic E-state index is -3.43. The van der Waals surface area contributed by atoms with Crippen molar-refractivity contribution in [3.8, 4) is 11.4 Å². The lowest BCUT2D eigenvalue weighted by molar-refractivity contribution is -0.133. The van der Waals surface area contributed by atoms with Crippen molar-refractivity contribution in [2.75, 3.05) is 26.2 Å². The minimum absolute atomic E-state index is 0.0533. The summed E-state index contributed by atoms with van der Waals surface area (Å²) in [4.78, 5) is 19.2. The summed E-state index contributed by atoms with van der Waals surface area (Å²) in [6.45, 7) is 2.60. The van der Waals surface area contributed by atoms with Crippen molar-refractivity contribution in [1.29, 1.82) is 0 Å². The SMILES string of the molecule is O=C(C1CC1)N1CCCC(c2nc(-c3ccc(S(=O)(=O)N4CCCC4)cc3)no2)C1. The van der Waals surface area contributed by atoms with E-state index >= 15 is 0 Å². The molecule has 5 rings (SSSR count). The minimum Gasteiger partial charge on any atom is -0.342 e. The van der Waals surface area contributed by atoms with Gasteiger partial charge in [-0.1, -0.05) is 5.16 Å². The Morgan fingerprint density at radius 2 is 1.73 bits per heavy atom. The maximum Gasteiger partial charge on any atom is 0.243 e. The van der Waals surface area contributed by atoms with E-state index in [9.17, 15) is 13.2 Å². The summed E-state index contributed by atoms with van der Waals surface area (Å²) in [5, 5.41) is 4.10. The van der Waals surface area contributed by atoms with Gasteiger partial charge < -0.3 is 9.42 Å². The number of piperidine rings is 1. The van der Waals surface area contributed by atoms with Gasteiger partial charge in [-0.3, -0.25) is 4.79 Å². The molecule has 2 saturated heterocycles. The summed E-state index contributed by atoms with van der Waals surface area (Å²) >= 11 is 0. The fraction of sp³-hybridized carbons (Fsp3) is 0.571. The summed E-state index contributed by atoms with van der Waals surface area (Å²) in [6.07, 6.45) is 5.69. The second kappa shape index (κ2) is 7.77. The highest BCUT2D eigenvalue weighted by atomic mass is 32.2. The Balaban J connectivity index is 1.30. The summed E-state index contributed by atoms with van der Waals surface area (Å²) in [5.74, 6) is 1.52. The Bertz CT molecular complexity index is 1020. The summed E-state index contributed by atoms with van der Waals surface area (Å²) in [5.41, 5.74) is 0.715. The van der Waals surface area contributed by atoms with Gasteiger partial charge >= 0.3 is 0 Å². The van der Waals surface area contributed by atoms with Gasteiger partial charge in [-0.15, -0.1) is 0 Å². The number of sulfonamides is 1. The van der Waals surface area contributed by atoms with Crippen LogP contribution in [-0.2, 0) is 14.8 Å². The van der Waals surface area contributed by atoms with Crippen LogP contribution in [0.3, 0.4) is 0 Å². The van der Waals surface area contributed by atoms with Gasteiger partial charge in [-0.25, -0.2) is 8.42 Å². The molecule has 3 fully saturated rings. The quantitative estimate of drug-likeness (QED) is 0.723. The van der Waals surface area contributed by atoms with Crippen LogP contribution in [0.25, 0.3) is 11.4 Å². The Hall–Kier alpha value is -2.26. The summed E-state index contributed by atoms with van der Waals surface area (Å²) < 4.78 is 32.4. The number of amides is 1. The van der Waals surface area contributed by atoms with E-state index in [4.69, 9.17) is 4.52 Å². The lowest BCUT2D eigenvalue weighted by Gasteiger charge is -2.31. The Morgan fingerprint density at radius 1 is 1.00 bits per heavy atom. The smallest absolute Gasteiger partial charge is 0.243 e. The van der Waals surface area contributed by atoms with Crippen molar-refractivity contribution in [3.05, 3.63) is 30.2 Å². The molecule has 2 aliphatic heterocycles. The Kier molecular flexibility index (Phi) is 5.10. The Morgan fingerprint density at radius 3 is 2.43 bits per heavy atom. The molecule has 3 heterocycles. The molecule has 0 spiro atoms. The molecule has 2 aromatic rings. The van der Waals surface area contributed by atoms with Crippen molar-refractivity contribution in [1.82, 2.24) is 19.3 Å². The van der Waals surface area contributed by atoms with Crippen LogP contribution in [0.2, 0.25) is 0 Å². The van der Waals surface area contributed by atoms with Crippen molar-refractivity contribution in [2.24, 2.45) is 5.92 Å². The maximum absolute atomic E-state index is 12.7. The number of hydrogen-bond donors (Lipinski definition) is 0. The van der Waals surface area contributed by atoms with Crippen LogP contribution in [0.15, 0.2) is 33.7 Å². The molecule has 1 aromatic carbocycles. The van der Waals surface area contributed by atoms with E-state index < -0.39 is 10.0 Å². The predicted molar refractivity (Wildman–Crippen MR) is 109 cm³/mol. The molecule has 1 saturated carbocycles. The number of nitrogens with zero attached hydrogens (tertiary/aromatic N) is 4. The molecular formula is C21H26N4O4S. The molecule has 3 aliphatic rings. The fourth-order valence-electron chi connectivity index (χ4n) is 4.34. The van der Waals surface area contributed by atoms with Gasteiger partial charge in [0.2, 0.25) is 27.6 Å². The van der Waals surface area contributed by atoms with Crippen LogP contribution >= 0.6 is 0 Å². The number of aromatic nitrogens is 2. The maximum atomic E-state index is 12.7. The number of carbonyl (C=O) groups excluding carboxylic acids is 1. The number of carbonyl (C=O) groups is 1. The average Bonchev–Trinajstić information content (AvgIpc) is 3.26. The van der Waals surface area contributed by atoms with Crippen LogP contribution < -0.4 is 0 Å². The zero-order valence-corrected chi connectivity index (χ0v) is 17.7. The largest absolute Gasteiger partial charge is 0.342 e. The standard InChI is InChI=1S/C21H26N4O4S/c26-21(16-5-6-16)24-11-3-4-17(14-24)20-22-19(23-29-20)15-7-9-18(10-8-15)30(27,28)25-12-1-2-13-25/h7-10,16-17H,1-6,11-14H2. The molecule has 160 valence electrons. The number of likely N-dealkylation sites (tertiary alicyclic amines) is 1. The van der Waals surface area contributed by atoms with Crippen LogP contribution in [0.4, 0.5) is 0 Å². The van der Waals surface area contributed by atoms with Gasteiger partial charge in [0.05, 0.1) is 10.8 Å². The van der Waals surface area contributed by atoms with E-state index in [0.717, 1.165) is 45.1 Å². The lowest BCUT2D eigenvalue weighted by atomic mass is 9.97. The highest BCUT2D eigenvalue weighted by molar-refractivity contribution is 7.89. The van der Waals surface area contributed by atoms with Crippen molar-refractivity contribution in [3.63, 3.8) is 0 Å². The first-order valence-corrected chi connectivity index (χ1v) is 12.2. The molecule has 1 atom stereocenters. The highest BCUT2D eigenvalue weighted by Crippen LogP contribution is 2.34. The lowest BCUT2D eigenvalue weighted by Crippen LogP contribution is -2.40. The molecule has 0 radical (unpaired) electrons. The summed E-state index contributed by atoms with van der Waals surface area (Å²) in [6, 6.07) is 6.66. The third-order valence-electron chi connectivity index (χ3n) is 6.27. The molecule has 1 unspecified atom stereocenters. The van der Waals surface area contributed by atoms with Crippen LogP contribution in [0, 0.1) is 5.92 Å². The molecule has 1 amide bonds. The van der Waals surface area contributed by atoms with Gasteiger partial charge in [-0.05, 0) is 62.8 Å². The molecule has 9 heteroatoms. The van der Waals surface area contributed by atoms with E-state index in [2.05, 4.69) is 10.1 Å². The second-order valence-electron chi connectivity index (χ2n) is 8.49. The summed E-state index contributed by atoms with van der Waals surface area (Å²) in [7, 11) is -3.43. The third kappa shape index (κ3) is 3.76. The normalized spacial score (nSPS) is 23.1. The molecule has 1 aromatic heterocycles. The van der Waals surface area contributed by atoms with Gasteiger partial charge in [0, 0.05) is 37.7 Å². The van der Waals surface area contributed by atoms with Crippen molar-refractivity contribution in [2.45, 2.75) is 49.3 Å². The fourth-order valence-corrected chi connectivity index (χ4v) is 5.86. The van der Waals surface area contributed by atoms with Crippen LogP contribution in [-0.4, -0.2) is 59.8 Å². The predicted octanol–water partition coefficient (Wildman–Crippen LogP) is 2.64. The van der Waals surface area contributed by atoms with Gasteiger partial charge in [0.25, 0.3) is 0 Å². The molecular weight excluding hydrogens is 404 g/mol. The van der Waals surface area contributed by atoms with E-state index in [-0.39, 0.29) is 17.7 Å². The van der Waals surface area contributed by atoms with E-state index in [1.165, 1.54) is 4.31 Å². The molecule has 0 N–H and O–H groups in total. The third-order valence-corrected chi connectivity index (χ3v) is 8.18. The highest BCUT2D eigenvalue weighted by Gasteiger charge is 2.36. The number of rotatable bonds is 5. The Labute approximate surface area is 176 Å². The molecule has 8 nitrogen and oxygen atoms in total. The van der Waals surface area contributed by atoms with E-state index in [0.29, 0.717) is 41.8 Å². The van der Waals surface area contributed by atoms with E-state index in [1.54, 1.807) is 24.3 Å². The van der Waals surface area contributed by atoms with E-state index in [1.807, 2.05) is 4.90 Å². The number of benzene rings is 1. The number of hydrogen-bond acceptors (Lipinski definition) is 6. The average molecular weight is 431 g/mol. The van der Waals surface area contributed by atoms with Gasteiger partial charge in [0.15, 0.2) is 0 Å². The second-order valence-corrected chi connectivity index (χ2v) is 10.4. The monoisotopic (exact) mass is 430 g/mol. The van der Waals surface area contributed by atoms with Crippen molar-refractivity contribution < 1.29 is 17.7 Å². The first-order chi connectivity index (χ1) is 14.5.